The first-order valence-corrected chi connectivity index (χ1v) is 15.3. The molecule has 0 aliphatic carbocycles. The number of hydrogen-bond acceptors (Lipinski definition) is 3. The largest absolute Gasteiger partial charge is 0.454 e. The standard InChI is InChI=1S/C40H25NOS/c1-2-12-27(13-3-1)29-24-25-31-30-17-6-8-21-35(30)42-40(31)39(29)41(33-19-10-15-26-14-4-5-16-28(26)33)34-20-11-23-37-38(34)32-18-7-9-22-36(32)43-37/h1-25H. The Morgan fingerprint density at radius 1 is 0.465 bits per heavy atom. The number of rotatable bonds is 4. The first-order chi connectivity index (χ1) is 21.3. The van der Waals surface area contributed by atoms with E-state index in [2.05, 4.69) is 150 Å². The van der Waals surface area contributed by atoms with Crippen molar-refractivity contribution in [3.05, 3.63) is 152 Å². The van der Waals surface area contributed by atoms with Crippen LogP contribution in [0.25, 0.3) is 64.0 Å². The van der Waals surface area contributed by atoms with Gasteiger partial charge in [-0.05, 0) is 47.3 Å². The molecular formula is C40H25NOS. The molecule has 0 saturated carbocycles. The summed E-state index contributed by atoms with van der Waals surface area (Å²) in [6.07, 6.45) is 0. The topological polar surface area (TPSA) is 16.4 Å². The van der Waals surface area contributed by atoms with Crippen LogP contribution in [0.15, 0.2) is 156 Å². The minimum Gasteiger partial charge on any atom is -0.454 e. The van der Waals surface area contributed by atoms with Gasteiger partial charge in [0, 0.05) is 41.9 Å². The molecule has 43 heavy (non-hydrogen) atoms. The zero-order valence-electron chi connectivity index (χ0n) is 23.2. The maximum atomic E-state index is 6.82. The number of furan rings is 1. The van der Waals surface area contributed by atoms with Crippen LogP contribution in [-0.2, 0) is 0 Å². The second-order valence-electron chi connectivity index (χ2n) is 10.9. The molecule has 7 aromatic carbocycles. The molecule has 0 spiro atoms. The minimum absolute atomic E-state index is 0.882. The lowest BCUT2D eigenvalue weighted by atomic mass is 9.97. The van der Waals surface area contributed by atoms with Crippen LogP contribution >= 0.6 is 11.3 Å². The van der Waals surface area contributed by atoms with E-state index >= 15 is 0 Å². The summed E-state index contributed by atoms with van der Waals surface area (Å²) in [6.45, 7) is 0. The molecule has 0 N–H and O–H groups in total. The van der Waals surface area contributed by atoms with E-state index in [-0.39, 0.29) is 0 Å². The van der Waals surface area contributed by atoms with Crippen molar-refractivity contribution >= 4 is 81.3 Å². The zero-order valence-corrected chi connectivity index (χ0v) is 24.0. The van der Waals surface area contributed by atoms with Crippen molar-refractivity contribution < 1.29 is 4.42 Å². The molecule has 9 rings (SSSR count). The van der Waals surface area contributed by atoms with Crippen molar-refractivity contribution in [1.29, 1.82) is 0 Å². The molecule has 0 unspecified atom stereocenters. The van der Waals surface area contributed by atoms with Gasteiger partial charge >= 0.3 is 0 Å². The van der Waals surface area contributed by atoms with E-state index in [0.29, 0.717) is 0 Å². The fourth-order valence-corrected chi connectivity index (χ4v) is 7.69. The summed E-state index contributed by atoms with van der Waals surface area (Å²) in [7, 11) is 0. The van der Waals surface area contributed by atoms with Crippen molar-refractivity contribution in [3.63, 3.8) is 0 Å². The van der Waals surface area contributed by atoms with Crippen LogP contribution in [0.1, 0.15) is 0 Å². The molecule has 0 aliphatic rings. The van der Waals surface area contributed by atoms with Gasteiger partial charge in [-0.3, -0.25) is 0 Å². The predicted octanol–water partition coefficient (Wildman–Crippen LogP) is 12.2. The van der Waals surface area contributed by atoms with Gasteiger partial charge in [0.25, 0.3) is 0 Å². The van der Waals surface area contributed by atoms with Gasteiger partial charge in [-0.2, -0.15) is 0 Å². The lowest BCUT2D eigenvalue weighted by Gasteiger charge is -2.30. The van der Waals surface area contributed by atoms with Gasteiger partial charge in [0.1, 0.15) is 5.58 Å². The minimum atomic E-state index is 0.882. The number of para-hydroxylation sites is 1. The van der Waals surface area contributed by atoms with Crippen LogP contribution in [-0.4, -0.2) is 0 Å². The second-order valence-corrected chi connectivity index (χ2v) is 12.0. The van der Waals surface area contributed by atoms with E-state index in [1.54, 1.807) is 0 Å². The Morgan fingerprint density at radius 3 is 2.05 bits per heavy atom. The number of thiophene rings is 1. The first kappa shape index (κ1) is 24.2. The smallest absolute Gasteiger partial charge is 0.160 e. The van der Waals surface area contributed by atoms with E-state index in [0.717, 1.165) is 50.1 Å². The van der Waals surface area contributed by atoms with Gasteiger partial charge in [0.2, 0.25) is 0 Å². The molecule has 202 valence electrons. The Labute approximate surface area is 252 Å². The van der Waals surface area contributed by atoms with E-state index < -0.39 is 0 Å². The van der Waals surface area contributed by atoms with E-state index in [1.807, 2.05) is 17.4 Å². The number of nitrogens with zero attached hydrogens (tertiary/aromatic N) is 1. The zero-order chi connectivity index (χ0) is 28.3. The highest BCUT2D eigenvalue weighted by Gasteiger charge is 2.27. The quantitative estimate of drug-likeness (QED) is 0.210. The predicted molar refractivity (Wildman–Crippen MR) is 184 cm³/mol. The summed E-state index contributed by atoms with van der Waals surface area (Å²) in [5, 5.41) is 7.14. The van der Waals surface area contributed by atoms with Gasteiger partial charge in [-0.15, -0.1) is 11.3 Å². The monoisotopic (exact) mass is 567 g/mol. The third-order valence-electron chi connectivity index (χ3n) is 8.46. The van der Waals surface area contributed by atoms with E-state index in [4.69, 9.17) is 4.42 Å². The molecule has 0 amide bonds. The second kappa shape index (κ2) is 9.59. The maximum absolute atomic E-state index is 6.82. The normalized spacial score (nSPS) is 11.7. The number of fused-ring (bicyclic) bond motifs is 7. The summed E-state index contributed by atoms with van der Waals surface area (Å²) in [6, 6.07) is 54.2. The van der Waals surface area contributed by atoms with Crippen molar-refractivity contribution in [2.75, 3.05) is 4.90 Å². The van der Waals surface area contributed by atoms with E-state index in [9.17, 15) is 0 Å². The van der Waals surface area contributed by atoms with Crippen LogP contribution in [0.4, 0.5) is 17.1 Å². The summed E-state index contributed by atoms with van der Waals surface area (Å²) in [4.78, 5) is 2.46. The maximum Gasteiger partial charge on any atom is 0.160 e. The van der Waals surface area contributed by atoms with Crippen LogP contribution in [0.3, 0.4) is 0 Å². The van der Waals surface area contributed by atoms with Crippen molar-refractivity contribution in [1.82, 2.24) is 0 Å². The van der Waals surface area contributed by atoms with Gasteiger partial charge in [0.05, 0.1) is 17.1 Å². The van der Waals surface area contributed by atoms with Crippen molar-refractivity contribution in [2.24, 2.45) is 0 Å². The van der Waals surface area contributed by atoms with Gasteiger partial charge < -0.3 is 9.32 Å². The number of benzene rings is 7. The number of hydrogen-bond donors (Lipinski definition) is 0. The average Bonchev–Trinajstić information content (AvgIpc) is 3.64. The molecule has 2 heterocycles. The van der Waals surface area contributed by atoms with Crippen molar-refractivity contribution in [3.8, 4) is 11.1 Å². The fraction of sp³-hybridized carbons (Fsp3) is 0. The molecule has 2 aromatic heterocycles. The molecule has 0 saturated heterocycles. The lowest BCUT2D eigenvalue weighted by molar-refractivity contribution is 0.669. The highest BCUT2D eigenvalue weighted by molar-refractivity contribution is 7.26. The Kier molecular flexibility index (Phi) is 5.40. The SMILES string of the molecule is c1ccc(-c2ccc3c(oc4ccccc43)c2N(c2cccc3ccccc23)c2cccc3sc4ccccc4c23)cc1. The Bertz CT molecular complexity index is 2460. The highest BCUT2D eigenvalue weighted by Crippen LogP contribution is 2.51. The summed E-state index contributed by atoms with van der Waals surface area (Å²) in [5.74, 6) is 0. The molecule has 2 nitrogen and oxygen atoms in total. The first-order valence-electron chi connectivity index (χ1n) is 14.5. The Morgan fingerprint density at radius 2 is 1.14 bits per heavy atom. The van der Waals surface area contributed by atoms with Crippen LogP contribution in [0, 0.1) is 0 Å². The molecule has 9 aromatic rings. The summed E-state index contributed by atoms with van der Waals surface area (Å²) in [5.41, 5.74) is 7.33. The van der Waals surface area contributed by atoms with Crippen LogP contribution < -0.4 is 4.90 Å². The fourth-order valence-electron chi connectivity index (χ4n) is 6.56. The molecule has 0 aliphatic heterocycles. The molecular weight excluding hydrogens is 543 g/mol. The molecule has 0 bridgehead atoms. The van der Waals surface area contributed by atoms with Gasteiger partial charge in [0.15, 0.2) is 5.58 Å². The molecule has 0 fully saturated rings. The summed E-state index contributed by atoms with van der Waals surface area (Å²) >= 11 is 1.85. The Hall–Kier alpha value is -5.38. The van der Waals surface area contributed by atoms with E-state index in [1.165, 1.54) is 30.9 Å². The molecule has 0 atom stereocenters. The lowest BCUT2D eigenvalue weighted by Crippen LogP contribution is -2.12. The van der Waals surface area contributed by atoms with Gasteiger partial charge in [-0.1, -0.05) is 115 Å². The van der Waals surface area contributed by atoms with Crippen LogP contribution in [0.2, 0.25) is 0 Å². The highest BCUT2D eigenvalue weighted by atomic mass is 32.1. The third kappa shape index (κ3) is 3.72. The molecule has 0 radical (unpaired) electrons. The van der Waals surface area contributed by atoms with Crippen molar-refractivity contribution in [2.45, 2.75) is 0 Å². The summed E-state index contributed by atoms with van der Waals surface area (Å²) < 4.78 is 9.37. The third-order valence-corrected chi connectivity index (χ3v) is 9.59. The van der Waals surface area contributed by atoms with Crippen LogP contribution in [0.5, 0.6) is 0 Å². The Balaban J connectivity index is 1.50. The number of anilines is 3. The average molecular weight is 568 g/mol. The van der Waals surface area contributed by atoms with Gasteiger partial charge in [-0.25, -0.2) is 0 Å². The molecule has 3 heteroatoms.